The molecule has 10 nitrogen and oxygen atoms in total. The van der Waals surface area contributed by atoms with Gasteiger partial charge in [-0.1, -0.05) is 37.7 Å². The molecule has 1 aromatic heterocycles. The van der Waals surface area contributed by atoms with Crippen LogP contribution in [-0.4, -0.2) is 39.7 Å². The second-order valence-electron chi connectivity index (χ2n) is 9.84. The van der Waals surface area contributed by atoms with Crippen molar-refractivity contribution in [2.75, 3.05) is 19.5 Å². The van der Waals surface area contributed by atoms with Crippen molar-refractivity contribution >= 4 is 29.2 Å². The van der Waals surface area contributed by atoms with Crippen LogP contribution < -0.4 is 14.8 Å². The lowest BCUT2D eigenvalue weighted by Crippen LogP contribution is -2.36. The van der Waals surface area contributed by atoms with Crippen LogP contribution >= 0.6 is 11.8 Å². The quantitative estimate of drug-likeness (QED) is 0.255. The van der Waals surface area contributed by atoms with Gasteiger partial charge in [-0.15, -0.1) is 5.10 Å². The van der Waals surface area contributed by atoms with E-state index >= 15 is 0 Å². The Hall–Kier alpha value is -3.86. The number of allylic oxidation sites excluding steroid dienone is 2. The highest BCUT2D eigenvalue weighted by Crippen LogP contribution is 2.47. The van der Waals surface area contributed by atoms with Crippen LogP contribution in [0.4, 0.5) is 11.6 Å². The van der Waals surface area contributed by atoms with Crippen molar-refractivity contribution in [3.8, 4) is 11.5 Å². The topological polar surface area (TPSA) is 121 Å². The fourth-order valence-electron chi connectivity index (χ4n) is 4.84. The van der Waals surface area contributed by atoms with E-state index in [1.807, 2.05) is 12.1 Å². The van der Waals surface area contributed by atoms with Gasteiger partial charge in [0.05, 0.1) is 19.1 Å². The number of methoxy groups -OCH3 is 2. The van der Waals surface area contributed by atoms with E-state index in [1.54, 1.807) is 37.1 Å². The summed E-state index contributed by atoms with van der Waals surface area (Å²) in [6.07, 6.45) is 1.15. The summed E-state index contributed by atoms with van der Waals surface area (Å²) in [4.78, 5) is 28.7. The number of non-ortho nitro benzene ring substituents is 1. The standard InChI is InChI=1S/C26H27N5O5S/c1-26(2)12-19-22(20(32)13-26)23(18-10-9-17(35-3)11-21(18)36-4)30-24(27-19)28-25(29-30)37-14-15-5-7-16(8-6-15)31(33)34/h5-11,23H,12-14H2,1-4H3,(H,27,28,29). The maximum atomic E-state index is 13.5. The number of ether oxygens (including phenoxy) is 2. The fraction of sp³-hybridized carbons (Fsp3) is 0.346. The van der Waals surface area contributed by atoms with E-state index in [0.29, 0.717) is 46.8 Å². The molecular formula is C26H27N5O5S. The molecule has 0 spiro atoms. The summed E-state index contributed by atoms with van der Waals surface area (Å²) in [6.45, 7) is 4.17. The van der Waals surface area contributed by atoms with Crippen LogP contribution in [-0.2, 0) is 10.5 Å². The van der Waals surface area contributed by atoms with E-state index in [9.17, 15) is 14.9 Å². The van der Waals surface area contributed by atoms with Crippen molar-refractivity contribution in [3.05, 3.63) is 75.0 Å². The third-order valence-electron chi connectivity index (χ3n) is 6.56. The largest absolute Gasteiger partial charge is 0.497 e. The third kappa shape index (κ3) is 4.78. The van der Waals surface area contributed by atoms with Crippen molar-refractivity contribution in [3.63, 3.8) is 0 Å². The zero-order valence-corrected chi connectivity index (χ0v) is 21.8. The predicted molar refractivity (Wildman–Crippen MR) is 139 cm³/mol. The molecule has 0 fully saturated rings. The summed E-state index contributed by atoms with van der Waals surface area (Å²) in [5, 5.41) is 19.6. The molecule has 1 unspecified atom stereocenters. The minimum Gasteiger partial charge on any atom is -0.497 e. The Balaban J connectivity index is 1.52. The lowest BCUT2D eigenvalue weighted by Gasteiger charge is -2.38. The number of carbonyl (C=O) groups is 1. The Morgan fingerprint density at radius 2 is 1.92 bits per heavy atom. The molecule has 1 atom stereocenters. The number of aromatic nitrogens is 3. The number of hydrogen-bond acceptors (Lipinski definition) is 9. The highest BCUT2D eigenvalue weighted by atomic mass is 32.2. The average Bonchev–Trinajstić information content (AvgIpc) is 3.27. The predicted octanol–water partition coefficient (Wildman–Crippen LogP) is 5.15. The Morgan fingerprint density at radius 3 is 2.59 bits per heavy atom. The lowest BCUT2D eigenvalue weighted by molar-refractivity contribution is -0.384. The SMILES string of the molecule is COc1ccc(C2C3=C(CC(C)(C)CC3=O)Nc3nc(SCc4ccc([N+](=O)[O-])cc4)nn32)c(OC)c1. The molecule has 1 aliphatic heterocycles. The number of hydrogen-bond donors (Lipinski definition) is 1. The van der Waals surface area contributed by atoms with Gasteiger partial charge in [-0.3, -0.25) is 14.9 Å². The normalized spacial score (nSPS) is 18.1. The van der Waals surface area contributed by atoms with Crippen LogP contribution in [0.5, 0.6) is 11.5 Å². The van der Waals surface area contributed by atoms with E-state index in [-0.39, 0.29) is 16.9 Å². The van der Waals surface area contributed by atoms with Gasteiger partial charge >= 0.3 is 0 Å². The Bertz CT molecular complexity index is 1410. The van der Waals surface area contributed by atoms with Gasteiger partial charge in [0.2, 0.25) is 11.1 Å². The summed E-state index contributed by atoms with van der Waals surface area (Å²) < 4.78 is 12.8. The number of nitro groups is 1. The number of carbonyl (C=O) groups excluding carboxylic acids is 1. The van der Waals surface area contributed by atoms with Gasteiger partial charge in [0.15, 0.2) is 5.78 Å². The molecule has 2 heterocycles. The van der Waals surface area contributed by atoms with Gasteiger partial charge in [0.25, 0.3) is 5.69 Å². The van der Waals surface area contributed by atoms with Crippen LogP contribution in [0.2, 0.25) is 0 Å². The first-order chi connectivity index (χ1) is 17.7. The molecule has 0 saturated heterocycles. The summed E-state index contributed by atoms with van der Waals surface area (Å²) in [7, 11) is 3.19. The molecule has 37 heavy (non-hydrogen) atoms. The van der Waals surface area contributed by atoms with E-state index in [2.05, 4.69) is 19.2 Å². The molecular weight excluding hydrogens is 494 g/mol. The number of Topliss-reactive ketones (excluding diaryl/α,β-unsaturated/α-hetero) is 1. The molecule has 0 saturated carbocycles. The maximum absolute atomic E-state index is 13.5. The second-order valence-corrected chi connectivity index (χ2v) is 10.8. The minimum absolute atomic E-state index is 0.0501. The van der Waals surface area contributed by atoms with Crippen LogP contribution in [0.1, 0.15) is 43.9 Å². The van der Waals surface area contributed by atoms with Gasteiger partial charge in [-0.2, -0.15) is 4.98 Å². The van der Waals surface area contributed by atoms with Gasteiger partial charge in [0.1, 0.15) is 17.5 Å². The van der Waals surface area contributed by atoms with Crippen molar-refractivity contribution in [1.82, 2.24) is 14.8 Å². The Labute approximate surface area is 218 Å². The summed E-state index contributed by atoms with van der Waals surface area (Å²) >= 11 is 1.42. The molecule has 5 rings (SSSR count). The molecule has 1 aliphatic carbocycles. The zero-order valence-electron chi connectivity index (χ0n) is 21.0. The van der Waals surface area contributed by atoms with Crippen molar-refractivity contribution in [2.24, 2.45) is 5.41 Å². The first-order valence-corrected chi connectivity index (χ1v) is 12.8. The van der Waals surface area contributed by atoms with Gasteiger partial charge < -0.3 is 14.8 Å². The minimum atomic E-state index is -0.503. The van der Waals surface area contributed by atoms with Crippen LogP contribution in [0.3, 0.4) is 0 Å². The number of anilines is 1. The number of nitrogens with zero attached hydrogens (tertiary/aromatic N) is 4. The molecule has 0 bridgehead atoms. The van der Waals surface area contributed by atoms with Crippen molar-refractivity contribution < 1.29 is 19.2 Å². The molecule has 0 amide bonds. The van der Waals surface area contributed by atoms with Gasteiger partial charge in [-0.25, -0.2) is 4.68 Å². The highest BCUT2D eigenvalue weighted by Gasteiger charge is 2.42. The highest BCUT2D eigenvalue weighted by molar-refractivity contribution is 7.98. The summed E-state index contributed by atoms with van der Waals surface area (Å²) in [6, 6.07) is 11.5. The van der Waals surface area contributed by atoms with Gasteiger partial charge in [0, 0.05) is 47.2 Å². The number of rotatable bonds is 7. The van der Waals surface area contributed by atoms with Crippen LogP contribution in [0.15, 0.2) is 58.9 Å². The van der Waals surface area contributed by atoms with Crippen molar-refractivity contribution in [1.29, 1.82) is 0 Å². The zero-order chi connectivity index (χ0) is 26.3. The smallest absolute Gasteiger partial charge is 0.269 e. The van der Waals surface area contributed by atoms with Crippen LogP contribution in [0, 0.1) is 15.5 Å². The molecule has 1 N–H and O–H groups in total. The van der Waals surface area contributed by atoms with E-state index in [1.165, 1.54) is 23.9 Å². The van der Waals surface area contributed by atoms with Crippen LogP contribution in [0.25, 0.3) is 0 Å². The first-order valence-electron chi connectivity index (χ1n) is 11.8. The Kier molecular flexibility index (Phi) is 6.40. The number of ketones is 1. The monoisotopic (exact) mass is 521 g/mol. The van der Waals surface area contributed by atoms with Gasteiger partial charge in [-0.05, 0) is 29.5 Å². The molecule has 2 aromatic carbocycles. The number of nitro benzene ring substituents is 1. The Morgan fingerprint density at radius 1 is 1.16 bits per heavy atom. The number of nitrogens with one attached hydrogen (secondary N) is 1. The average molecular weight is 522 g/mol. The molecule has 11 heteroatoms. The molecule has 192 valence electrons. The number of benzene rings is 2. The lowest BCUT2D eigenvalue weighted by atomic mass is 9.73. The molecule has 0 radical (unpaired) electrons. The second kappa shape index (κ2) is 9.55. The summed E-state index contributed by atoms with van der Waals surface area (Å²) in [5.41, 5.74) is 3.12. The van der Waals surface area contributed by atoms with Crippen molar-refractivity contribution in [2.45, 2.75) is 43.6 Å². The molecule has 2 aliphatic rings. The molecule has 3 aromatic rings. The summed E-state index contributed by atoms with van der Waals surface area (Å²) in [5.74, 6) is 2.41. The third-order valence-corrected chi connectivity index (χ3v) is 7.47. The van der Waals surface area contributed by atoms with E-state index in [4.69, 9.17) is 19.6 Å². The maximum Gasteiger partial charge on any atom is 0.269 e. The van der Waals surface area contributed by atoms with E-state index in [0.717, 1.165) is 16.8 Å². The fourth-order valence-corrected chi connectivity index (χ4v) is 5.63. The number of fused-ring (bicyclic) bond motifs is 1. The number of thioether (sulfide) groups is 1. The van der Waals surface area contributed by atoms with E-state index < -0.39 is 11.0 Å². The first kappa shape index (κ1) is 24.8.